The molecular weight excluding hydrogens is 452 g/mol. The number of hydrogen-bond acceptors (Lipinski definition) is 7. The van der Waals surface area contributed by atoms with Gasteiger partial charge < -0.3 is 4.90 Å². The maximum atomic E-state index is 12.4. The standard InChI is InChI=1S/C20H17BrN6O3/c21-15-9-3-2-8-14(15)20(28)25-24-18-17(27(29)30)19(23-12-22-18)26-11-5-7-13-6-1-4-10-16(13)26/h1-4,6,8-10,12H,5,7,11H2,(H,25,28)(H,22,23,24). The van der Waals surface area contributed by atoms with Crippen LogP contribution in [0, 0.1) is 10.1 Å². The summed E-state index contributed by atoms with van der Waals surface area (Å²) in [6.45, 7) is 0.595. The fraction of sp³-hybridized carbons (Fsp3) is 0.150. The lowest BCUT2D eigenvalue weighted by molar-refractivity contribution is -0.383. The van der Waals surface area contributed by atoms with Gasteiger partial charge in [-0.3, -0.25) is 25.8 Å². The summed E-state index contributed by atoms with van der Waals surface area (Å²) < 4.78 is 0.604. The third-order valence-corrected chi connectivity index (χ3v) is 5.46. The second-order valence-electron chi connectivity index (χ2n) is 6.59. The van der Waals surface area contributed by atoms with Crippen LogP contribution in [-0.4, -0.2) is 27.3 Å². The second kappa shape index (κ2) is 8.46. The van der Waals surface area contributed by atoms with Crippen LogP contribution >= 0.6 is 15.9 Å². The number of rotatable bonds is 5. The van der Waals surface area contributed by atoms with Crippen molar-refractivity contribution in [1.29, 1.82) is 0 Å². The normalized spacial score (nSPS) is 12.8. The average molecular weight is 469 g/mol. The highest BCUT2D eigenvalue weighted by atomic mass is 79.9. The van der Waals surface area contributed by atoms with Crippen LogP contribution in [0.5, 0.6) is 0 Å². The lowest BCUT2D eigenvalue weighted by Crippen LogP contribution is -2.31. The minimum atomic E-state index is -0.542. The Hall–Kier alpha value is -3.53. The summed E-state index contributed by atoms with van der Waals surface area (Å²) in [6, 6.07) is 14.6. The molecule has 1 aromatic heterocycles. The number of nitrogens with zero attached hydrogens (tertiary/aromatic N) is 4. The molecule has 3 aromatic rings. The van der Waals surface area contributed by atoms with Gasteiger partial charge >= 0.3 is 5.69 Å². The molecule has 9 nitrogen and oxygen atoms in total. The van der Waals surface area contributed by atoms with E-state index >= 15 is 0 Å². The molecule has 0 bridgehead atoms. The van der Waals surface area contributed by atoms with Crippen molar-refractivity contribution < 1.29 is 9.72 Å². The number of hydrazine groups is 1. The highest BCUT2D eigenvalue weighted by molar-refractivity contribution is 9.10. The summed E-state index contributed by atoms with van der Waals surface area (Å²) in [5.74, 6) is -0.367. The van der Waals surface area contributed by atoms with Crippen molar-refractivity contribution in [2.45, 2.75) is 12.8 Å². The van der Waals surface area contributed by atoms with Crippen molar-refractivity contribution in [3.63, 3.8) is 0 Å². The second-order valence-corrected chi connectivity index (χ2v) is 7.45. The average Bonchev–Trinajstić information content (AvgIpc) is 2.77. The van der Waals surface area contributed by atoms with Gasteiger partial charge in [0.2, 0.25) is 11.6 Å². The molecule has 0 saturated carbocycles. The zero-order chi connectivity index (χ0) is 21.1. The van der Waals surface area contributed by atoms with E-state index in [0.717, 1.165) is 24.1 Å². The number of benzene rings is 2. The first kappa shape index (κ1) is 19.8. The van der Waals surface area contributed by atoms with Crippen molar-refractivity contribution in [1.82, 2.24) is 15.4 Å². The fourth-order valence-corrected chi connectivity index (χ4v) is 3.87. The molecule has 152 valence electrons. The Morgan fingerprint density at radius 1 is 1.13 bits per heavy atom. The Bertz CT molecular complexity index is 1120. The summed E-state index contributed by atoms with van der Waals surface area (Å²) in [7, 11) is 0. The number of amides is 1. The van der Waals surface area contributed by atoms with Crippen LogP contribution in [0.1, 0.15) is 22.3 Å². The summed E-state index contributed by atoms with van der Waals surface area (Å²) in [5, 5.41) is 11.9. The monoisotopic (exact) mass is 468 g/mol. The number of aryl methyl sites for hydroxylation is 1. The molecule has 2 aromatic carbocycles. The zero-order valence-electron chi connectivity index (χ0n) is 15.7. The molecule has 4 rings (SSSR count). The maximum absolute atomic E-state index is 12.4. The first-order chi connectivity index (χ1) is 14.6. The number of nitrogens with one attached hydrogen (secondary N) is 2. The van der Waals surface area contributed by atoms with Crippen molar-refractivity contribution in [2.24, 2.45) is 0 Å². The van der Waals surface area contributed by atoms with Crippen LogP contribution in [-0.2, 0) is 6.42 Å². The quantitative estimate of drug-likeness (QED) is 0.429. The molecule has 0 unspecified atom stereocenters. The molecule has 10 heteroatoms. The summed E-state index contributed by atoms with van der Waals surface area (Å²) >= 11 is 3.31. The molecule has 1 aliphatic heterocycles. The molecule has 0 saturated heterocycles. The van der Waals surface area contributed by atoms with E-state index in [1.54, 1.807) is 24.3 Å². The Morgan fingerprint density at radius 2 is 1.90 bits per heavy atom. The van der Waals surface area contributed by atoms with Gasteiger partial charge in [0.15, 0.2) is 0 Å². The number of aromatic nitrogens is 2. The number of hydrogen-bond donors (Lipinski definition) is 2. The molecular formula is C20H17BrN6O3. The van der Waals surface area contributed by atoms with E-state index in [4.69, 9.17) is 0 Å². The van der Waals surface area contributed by atoms with E-state index in [1.807, 2.05) is 29.2 Å². The smallest absolute Gasteiger partial charge is 0.320 e. The van der Waals surface area contributed by atoms with Crippen LogP contribution in [0.2, 0.25) is 0 Å². The highest BCUT2D eigenvalue weighted by Crippen LogP contribution is 2.39. The van der Waals surface area contributed by atoms with Crippen LogP contribution in [0.25, 0.3) is 0 Å². The number of nitro groups is 1. The molecule has 0 spiro atoms. The molecule has 2 N–H and O–H groups in total. The number of halogens is 1. The summed E-state index contributed by atoms with van der Waals surface area (Å²) in [5.41, 5.74) is 7.12. The van der Waals surface area contributed by atoms with Crippen LogP contribution in [0.15, 0.2) is 59.3 Å². The number of fused-ring (bicyclic) bond motifs is 1. The zero-order valence-corrected chi connectivity index (χ0v) is 17.3. The fourth-order valence-electron chi connectivity index (χ4n) is 3.41. The van der Waals surface area contributed by atoms with Crippen molar-refractivity contribution in [3.8, 4) is 0 Å². The van der Waals surface area contributed by atoms with Gasteiger partial charge in [-0.1, -0.05) is 30.3 Å². The minimum absolute atomic E-state index is 0.0894. The van der Waals surface area contributed by atoms with Gasteiger partial charge in [-0.2, -0.15) is 0 Å². The largest absolute Gasteiger partial charge is 0.355 e. The minimum Gasteiger partial charge on any atom is -0.320 e. The van der Waals surface area contributed by atoms with E-state index in [0.29, 0.717) is 16.6 Å². The SMILES string of the molecule is O=C(NNc1ncnc(N2CCCc3ccccc32)c1[N+](=O)[O-])c1ccccc1Br. The molecule has 30 heavy (non-hydrogen) atoms. The number of carbonyl (C=O) groups is 1. The predicted octanol–water partition coefficient (Wildman–Crippen LogP) is 3.99. The van der Waals surface area contributed by atoms with Crippen molar-refractivity contribution >= 4 is 44.8 Å². The Kier molecular flexibility index (Phi) is 5.57. The molecule has 0 radical (unpaired) electrons. The lowest BCUT2D eigenvalue weighted by Gasteiger charge is -2.30. The van der Waals surface area contributed by atoms with Crippen LogP contribution in [0.4, 0.5) is 23.0 Å². The van der Waals surface area contributed by atoms with Crippen LogP contribution < -0.4 is 15.8 Å². The molecule has 0 fully saturated rings. The van der Waals surface area contributed by atoms with E-state index < -0.39 is 10.8 Å². The van der Waals surface area contributed by atoms with Gasteiger partial charge in [0, 0.05) is 16.7 Å². The van der Waals surface area contributed by atoms with Gasteiger partial charge in [0.25, 0.3) is 5.91 Å². The third kappa shape index (κ3) is 3.81. The van der Waals surface area contributed by atoms with Crippen molar-refractivity contribution in [2.75, 3.05) is 16.9 Å². The maximum Gasteiger partial charge on any atom is 0.355 e. The molecule has 1 amide bonds. The molecule has 2 heterocycles. The van der Waals surface area contributed by atoms with Crippen molar-refractivity contribution in [3.05, 3.63) is 80.6 Å². The Labute approximate surface area is 180 Å². The predicted molar refractivity (Wildman–Crippen MR) is 116 cm³/mol. The number of anilines is 3. The van der Waals surface area contributed by atoms with E-state index in [9.17, 15) is 14.9 Å². The van der Waals surface area contributed by atoms with Gasteiger partial charge in [0.05, 0.1) is 10.5 Å². The third-order valence-electron chi connectivity index (χ3n) is 4.76. The van der Waals surface area contributed by atoms with Gasteiger partial charge in [-0.25, -0.2) is 9.97 Å². The van der Waals surface area contributed by atoms with Gasteiger partial charge in [-0.05, 0) is 52.5 Å². The Morgan fingerprint density at radius 3 is 2.70 bits per heavy atom. The molecule has 0 aliphatic carbocycles. The number of carbonyl (C=O) groups excluding carboxylic acids is 1. The number of para-hydroxylation sites is 1. The van der Waals surface area contributed by atoms with Gasteiger partial charge in [-0.15, -0.1) is 0 Å². The van der Waals surface area contributed by atoms with Gasteiger partial charge in [0.1, 0.15) is 6.33 Å². The molecule has 1 aliphatic rings. The lowest BCUT2D eigenvalue weighted by atomic mass is 10.0. The van der Waals surface area contributed by atoms with E-state index in [2.05, 4.69) is 36.7 Å². The first-order valence-electron chi connectivity index (χ1n) is 9.22. The highest BCUT2D eigenvalue weighted by Gasteiger charge is 2.30. The van der Waals surface area contributed by atoms with Crippen LogP contribution in [0.3, 0.4) is 0 Å². The first-order valence-corrected chi connectivity index (χ1v) is 10.0. The Balaban J connectivity index is 1.66. The molecule has 0 atom stereocenters. The summed E-state index contributed by atoms with van der Waals surface area (Å²) in [4.78, 5) is 33.8. The van der Waals surface area contributed by atoms with E-state index in [1.165, 1.54) is 6.33 Å². The topological polar surface area (TPSA) is 113 Å². The van der Waals surface area contributed by atoms with E-state index in [-0.39, 0.29) is 17.3 Å². The summed E-state index contributed by atoms with van der Waals surface area (Å²) in [6.07, 6.45) is 2.99.